The Hall–Kier alpha value is -1.02. The molecular weight excluding hydrogens is 277 g/mol. The van der Waals surface area contributed by atoms with Gasteiger partial charge in [0.1, 0.15) is 0 Å². The molecule has 0 aromatic heterocycles. The molecule has 0 bridgehead atoms. The number of nitrogens with one attached hydrogen (secondary N) is 1. The third-order valence-electron chi connectivity index (χ3n) is 3.82. The van der Waals surface area contributed by atoms with Gasteiger partial charge in [0.2, 0.25) is 0 Å². The smallest absolute Gasteiger partial charge is 0.0598 e. The van der Waals surface area contributed by atoms with Gasteiger partial charge in [-0.3, -0.25) is 0 Å². The lowest BCUT2D eigenvalue weighted by atomic mass is 10.00. The zero-order chi connectivity index (χ0) is 13.4. The number of hydrogen-bond donors (Lipinski definition) is 1. The second-order valence-electron chi connectivity index (χ2n) is 4.92. The molecule has 2 aromatic carbocycles. The minimum Gasteiger partial charge on any atom is -0.313 e. The topological polar surface area (TPSA) is 12.0 Å². The van der Waals surface area contributed by atoms with Crippen molar-refractivity contribution in [1.82, 2.24) is 5.32 Å². The number of fused-ring (bicyclic) bond motifs is 1. The summed E-state index contributed by atoms with van der Waals surface area (Å²) in [5.74, 6) is 0. The molecule has 0 saturated heterocycles. The van der Waals surface area contributed by atoms with Crippen LogP contribution in [0.25, 0.3) is 11.1 Å². The highest BCUT2D eigenvalue weighted by Gasteiger charge is 2.21. The van der Waals surface area contributed by atoms with Gasteiger partial charge < -0.3 is 5.32 Å². The molecule has 1 aliphatic rings. The summed E-state index contributed by atoms with van der Waals surface area (Å²) >= 11 is 12.0. The summed E-state index contributed by atoms with van der Waals surface area (Å²) < 4.78 is 0. The second-order valence-corrected chi connectivity index (χ2v) is 5.74. The predicted octanol–water partition coefficient (Wildman–Crippen LogP) is 4.87. The summed E-state index contributed by atoms with van der Waals surface area (Å²) in [6.45, 7) is 0. The Kier molecular flexibility index (Phi) is 3.53. The van der Waals surface area contributed by atoms with E-state index in [1.165, 1.54) is 23.1 Å². The molecule has 3 rings (SSSR count). The van der Waals surface area contributed by atoms with Crippen molar-refractivity contribution in [1.29, 1.82) is 0 Å². The summed E-state index contributed by atoms with van der Waals surface area (Å²) in [4.78, 5) is 0. The summed E-state index contributed by atoms with van der Waals surface area (Å²) in [6.07, 6.45) is 2.31. The summed E-state index contributed by atoms with van der Waals surface area (Å²) in [5, 5.41) is 4.56. The molecule has 1 atom stereocenters. The monoisotopic (exact) mass is 291 g/mol. The summed E-state index contributed by atoms with van der Waals surface area (Å²) in [6, 6.07) is 12.9. The first-order valence-electron chi connectivity index (χ1n) is 6.44. The molecule has 3 heteroatoms. The van der Waals surface area contributed by atoms with Gasteiger partial charge in [0.05, 0.1) is 10.0 Å². The standard InChI is InChI=1S/C16H15Cl2N/c1-19-16-7-4-12-8-10(2-5-13(12)16)11-3-6-14(17)15(18)9-11/h2-3,5-6,8-9,16,19H,4,7H2,1H3. The van der Waals surface area contributed by atoms with E-state index < -0.39 is 0 Å². The quantitative estimate of drug-likeness (QED) is 0.833. The molecule has 0 aliphatic heterocycles. The maximum absolute atomic E-state index is 6.08. The number of benzene rings is 2. The maximum atomic E-state index is 6.08. The van der Waals surface area contributed by atoms with Crippen molar-refractivity contribution in [3.8, 4) is 11.1 Å². The molecule has 19 heavy (non-hydrogen) atoms. The third-order valence-corrected chi connectivity index (χ3v) is 4.56. The van der Waals surface area contributed by atoms with Crippen molar-refractivity contribution in [3.05, 3.63) is 57.6 Å². The highest BCUT2D eigenvalue weighted by molar-refractivity contribution is 6.42. The Morgan fingerprint density at radius 1 is 1.00 bits per heavy atom. The molecule has 0 spiro atoms. The van der Waals surface area contributed by atoms with Gasteiger partial charge in [-0.2, -0.15) is 0 Å². The number of aryl methyl sites for hydroxylation is 1. The molecule has 1 aliphatic carbocycles. The van der Waals surface area contributed by atoms with Crippen molar-refractivity contribution >= 4 is 23.2 Å². The first-order chi connectivity index (χ1) is 9.19. The molecule has 0 fully saturated rings. The molecule has 1 nitrogen and oxygen atoms in total. The molecule has 0 amide bonds. The largest absolute Gasteiger partial charge is 0.313 e. The normalized spacial score (nSPS) is 17.5. The Bertz CT molecular complexity index is 622. The average Bonchev–Trinajstić information content (AvgIpc) is 2.84. The van der Waals surface area contributed by atoms with E-state index in [0.29, 0.717) is 16.1 Å². The Balaban J connectivity index is 2.01. The van der Waals surface area contributed by atoms with Gasteiger partial charge in [-0.15, -0.1) is 0 Å². The van der Waals surface area contributed by atoms with Gasteiger partial charge >= 0.3 is 0 Å². The Morgan fingerprint density at radius 3 is 2.47 bits per heavy atom. The Labute approximate surface area is 123 Å². The molecule has 0 radical (unpaired) electrons. The van der Waals surface area contributed by atoms with Crippen LogP contribution in [0.15, 0.2) is 36.4 Å². The van der Waals surface area contributed by atoms with Crippen molar-refractivity contribution in [2.45, 2.75) is 18.9 Å². The van der Waals surface area contributed by atoms with E-state index in [9.17, 15) is 0 Å². The lowest BCUT2D eigenvalue weighted by Gasteiger charge is -2.11. The van der Waals surface area contributed by atoms with Crippen LogP contribution in [-0.2, 0) is 6.42 Å². The molecule has 0 saturated carbocycles. The van der Waals surface area contributed by atoms with E-state index in [0.717, 1.165) is 12.0 Å². The van der Waals surface area contributed by atoms with Crippen LogP contribution in [0, 0.1) is 0 Å². The van der Waals surface area contributed by atoms with Crippen LogP contribution in [0.4, 0.5) is 0 Å². The fourth-order valence-corrected chi connectivity index (χ4v) is 3.07. The van der Waals surface area contributed by atoms with E-state index in [4.69, 9.17) is 23.2 Å². The number of rotatable bonds is 2. The van der Waals surface area contributed by atoms with Gasteiger partial charge in [-0.1, -0.05) is 47.5 Å². The molecule has 2 aromatic rings. The first-order valence-corrected chi connectivity index (χ1v) is 7.20. The van der Waals surface area contributed by atoms with Gasteiger partial charge in [-0.05, 0) is 54.3 Å². The van der Waals surface area contributed by atoms with Gasteiger partial charge in [0.25, 0.3) is 0 Å². The summed E-state index contributed by atoms with van der Waals surface area (Å²) in [7, 11) is 2.02. The molecular formula is C16H15Cl2N. The van der Waals surface area contributed by atoms with Gasteiger partial charge in [0.15, 0.2) is 0 Å². The van der Waals surface area contributed by atoms with Crippen LogP contribution in [0.3, 0.4) is 0 Å². The minimum atomic E-state index is 0.498. The maximum Gasteiger partial charge on any atom is 0.0598 e. The molecule has 1 unspecified atom stereocenters. The van der Waals surface area contributed by atoms with E-state index in [-0.39, 0.29) is 0 Å². The molecule has 0 heterocycles. The van der Waals surface area contributed by atoms with E-state index in [2.05, 4.69) is 23.5 Å². The highest BCUT2D eigenvalue weighted by atomic mass is 35.5. The zero-order valence-corrected chi connectivity index (χ0v) is 12.2. The number of halogens is 2. The van der Waals surface area contributed by atoms with Crippen LogP contribution in [0.5, 0.6) is 0 Å². The van der Waals surface area contributed by atoms with Crippen LogP contribution in [0.2, 0.25) is 10.0 Å². The van der Waals surface area contributed by atoms with Crippen LogP contribution >= 0.6 is 23.2 Å². The summed E-state index contributed by atoms with van der Waals surface area (Å²) in [5.41, 5.74) is 5.17. The van der Waals surface area contributed by atoms with E-state index in [1.807, 2.05) is 25.2 Å². The van der Waals surface area contributed by atoms with Crippen molar-refractivity contribution in [2.24, 2.45) is 0 Å². The molecule has 98 valence electrons. The van der Waals surface area contributed by atoms with Crippen LogP contribution in [0.1, 0.15) is 23.6 Å². The zero-order valence-electron chi connectivity index (χ0n) is 10.7. The van der Waals surface area contributed by atoms with Crippen molar-refractivity contribution in [2.75, 3.05) is 7.05 Å². The number of hydrogen-bond acceptors (Lipinski definition) is 1. The predicted molar refractivity (Wildman–Crippen MR) is 82.0 cm³/mol. The van der Waals surface area contributed by atoms with Crippen molar-refractivity contribution in [3.63, 3.8) is 0 Å². The minimum absolute atomic E-state index is 0.498. The SMILES string of the molecule is CNC1CCc2cc(-c3ccc(Cl)c(Cl)c3)ccc21. The van der Waals surface area contributed by atoms with Crippen molar-refractivity contribution < 1.29 is 0 Å². The van der Waals surface area contributed by atoms with Gasteiger partial charge in [-0.25, -0.2) is 0 Å². The average molecular weight is 292 g/mol. The van der Waals surface area contributed by atoms with Crippen LogP contribution in [-0.4, -0.2) is 7.05 Å². The van der Waals surface area contributed by atoms with Crippen LogP contribution < -0.4 is 5.32 Å². The Morgan fingerprint density at radius 2 is 1.74 bits per heavy atom. The molecule has 1 N–H and O–H groups in total. The van der Waals surface area contributed by atoms with E-state index in [1.54, 1.807) is 0 Å². The second kappa shape index (κ2) is 5.16. The highest BCUT2D eigenvalue weighted by Crippen LogP contribution is 2.35. The van der Waals surface area contributed by atoms with Gasteiger partial charge in [0, 0.05) is 6.04 Å². The fourth-order valence-electron chi connectivity index (χ4n) is 2.77. The lowest BCUT2D eigenvalue weighted by Crippen LogP contribution is -2.12. The first kappa shape index (κ1) is 13.0. The fraction of sp³-hybridized carbons (Fsp3) is 0.250. The third kappa shape index (κ3) is 2.38. The lowest BCUT2D eigenvalue weighted by molar-refractivity contribution is 0.590. The van der Waals surface area contributed by atoms with E-state index >= 15 is 0 Å².